The Hall–Kier alpha value is -0.120. The highest BCUT2D eigenvalue weighted by atomic mass is 16.7. The van der Waals surface area contributed by atoms with Gasteiger partial charge in [-0.05, 0) is 105 Å². The van der Waals surface area contributed by atoms with E-state index in [1.807, 2.05) is 0 Å². The van der Waals surface area contributed by atoms with Gasteiger partial charge in [-0.25, -0.2) is 0 Å². The zero-order valence-corrected chi connectivity index (χ0v) is 17.7. The van der Waals surface area contributed by atoms with Gasteiger partial charge in [0.2, 0.25) is 0 Å². The molecule has 0 radical (unpaired) electrons. The van der Waals surface area contributed by atoms with E-state index in [4.69, 9.17) is 9.47 Å². The van der Waals surface area contributed by atoms with Crippen LogP contribution in [-0.2, 0) is 9.47 Å². The molecule has 3 heteroatoms. The molecule has 0 amide bonds. The number of hydrogen-bond acceptors (Lipinski definition) is 3. The van der Waals surface area contributed by atoms with Crippen molar-refractivity contribution >= 4 is 0 Å². The molecule has 0 bridgehead atoms. The summed E-state index contributed by atoms with van der Waals surface area (Å²) in [6.45, 7) is 9.37. The first-order chi connectivity index (χ1) is 12.9. The van der Waals surface area contributed by atoms with E-state index in [-0.39, 0.29) is 5.79 Å². The third kappa shape index (κ3) is 2.63. The first-order valence-electron chi connectivity index (χ1n) is 11.8. The average molecular weight is 377 g/mol. The molecule has 4 saturated carbocycles. The number of hydrogen-bond donors (Lipinski definition) is 1. The number of aliphatic hydroxyl groups is 1. The Morgan fingerprint density at radius 2 is 1.52 bits per heavy atom. The summed E-state index contributed by atoms with van der Waals surface area (Å²) in [6, 6.07) is 0. The standard InChI is InChI=1S/C24H40O3/c1-22-10-8-16(15-25)14-17(22)4-5-18-19-6-7-21(24(3)26-12-13-27-24)23(19,2)11-9-20(18)22/h16-21,25H,4-15H2,1-3H3/t16?,17-,18-,19-,20-,21-,22-,23-/m0/s1. The lowest BCUT2D eigenvalue weighted by Crippen LogP contribution is -2.55. The zero-order chi connectivity index (χ0) is 18.9. The normalized spacial score (nSPS) is 54.2. The lowest BCUT2D eigenvalue weighted by molar-refractivity contribution is -0.218. The highest BCUT2D eigenvalue weighted by Crippen LogP contribution is 2.69. The molecule has 1 N–H and O–H groups in total. The smallest absolute Gasteiger partial charge is 0.169 e. The Morgan fingerprint density at radius 3 is 2.26 bits per heavy atom. The number of rotatable bonds is 2. The van der Waals surface area contributed by atoms with Crippen molar-refractivity contribution in [1.82, 2.24) is 0 Å². The molecule has 8 atom stereocenters. The average Bonchev–Trinajstić information content (AvgIpc) is 3.24. The largest absolute Gasteiger partial charge is 0.396 e. The van der Waals surface area contributed by atoms with E-state index in [1.54, 1.807) is 0 Å². The van der Waals surface area contributed by atoms with Gasteiger partial charge in [0, 0.05) is 12.5 Å². The maximum absolute atomic E-state index is 9.69. The molecule has 1 aliphatic heterocycles. The monoisotopic (exact) mass is 376 g/mol. The molecule has 0 aromatic rings. The van der Waals surface area contributed by atoms with Gasteiger partial charge in [0.15, 0.2) is 5.79 Å². The third-order valence-electron chi connectivity index (χ3n) is 10.5. The van der Waals surface area contributed by atoms with Gasteiger partial charge in [0.1, 0.15) is 0 Å². The first kappa shape index (κ1) is 18.9. The molecule has 154 valence electrons. The molecule has 1 unspecified atom stereocenters. The van der Waals surface area contributed by atoms with Crippen molar-refractivity contribution in [2.24, 2.45) is 46.3 Å². The highest BCUT2D eigenvalue weighted by molar-refractivity contribution is 5.11. The molecule has 4 aliphatic carbocycles. The van der Waals surface area contributed by atoms with Gasteiger partial charge in [0.05, 0.1) is 13.2 Å². The van der Waals surface area contributed by atoms with Gasteiger partial charge >= 0.3 is 0 Å². The van der Waals surface area contributed by atoms with E-state index < -0.39 is 0 Å². The summed E-state index contributed by atoms with van der Waals surface area (Å²) >= 11 is 0. The summed E-state index contributed by atoms with van der Waals surface area (Å²) in [5.41, 5.74) is 0.921. The molecule has 5 fully saturated rings. The van der Waals surface area contributed by atoms with E-state index in [0.29, 0.717) is 29.3 Å². The van der Waals surface area contributed by atoms with Crippen LogP contribution in [-0.4, -0.2) is 30.7 Å². The quantitative estimate of drug-likeness (QED) is 0.736. The van der Waals surface area contributed by atoms with Crippen molar-refractivity contribution < 1.29 is 14.6 Å². The van der Waals surface area contributed by atoms with Crippen LogP contribution < -0.4 is 0 Å². The summed E-state index contributed by atoms with van der Waals surface area (Å²) in [6.07, 6.45) is 12.1. The predicted octanol–water partition coefficient (Wildman–Crippen LogP) is 5.02. The summed E-state index contributed by atoms with van der Waals surface area (Å²) < 4.78 is 12.3. The van der Waals surface area contributed by atoms with E-state index >= 15 is 0 Å². The molecule has 5 aliphatic rings. The van der Waals surface area contributed by atoms with Crippen LogP contribution in [0.5, 0.6) is 0 Å². The highest BCUT2D eigenvalue weighted by Gasteiger charge is 2.63. The molecule has 0 spiro atoms. The number of aliphatic hydroxyl groups excluding tert-OH is 1. The molecule has 0 aromatic heterocycles. The SMILES string of the molecule is CC1([C@H]2CC[C@H]3[C@@H]4CC[C@H]5CC(CO)CC[C@]5(C)[C@H]4CC[C@]23C)OCCO1. The predicted molar refractivity (Wildman–Crippen MR) is 106 cm³/mol. The maximum Gasteiger partial charge on any atom is 0.169 e. The summed E-state index contributed by atoms with van der Waals surface area (Å²) in [4.78, 5) is 0. The Kier molecular flexibility index (Phi) is 4.50. The Bertz CT molecular complexity index is 570. The first-order valence-corrected chi connectivity index (χ1v) is 11.8. The van der Waals surface area contributed by atoms with Gasteiger partial charge < -0.3 is 14.6 Å². The van der Waals surface area contributed by atoms with Crippen LogP contribution in [0.3, 0.4) is 0 Å². The van der Waals surface area contributed by atoms with Crippen LogP contribution in [0.25, 0.3) is 0 Å². The Labute approximate surface area is 165 Å². The molecule has 27 heavy (non-hydrogen) atoms. The van der Waals surface area contributed by atoms with E-state index in [2.05, 4.69) is 20.8 Å². The maximum atomic E-state index is 9.69. The lowest BCUT2D eigenvalue weighted by Gasteiger charge is -2.61. The fraction of sp³-hybridized carbons (Fsp3) is 1.00. The van der Waals surface area contributed by atoms with E-state index in [9.17, 15) is 5.11 Å². The molecule has 5 rings (SSSR count). The molecule has 0 aromatic carbocycles. The molecule has 1 saturated heterocycles. The second kappa shape index (κ2) is 6.44. The van der Waals surface area contributed by atoms with Crippen LogP contribution in [0.2, 0.25) is 0 Å². The summed E-state index contributed by atoms with van der Waals surface area (Å²) in [7, 11) is 0. The number of fused-ring (bicyclic) bond motifs is 5. The van der Waals surface area contributed by atoms with Gasteiger partial charge in [-0.1, -0.05) is 13.8 Å². The molecule has 3 nitrogen and oxygen atoms in total. The van der Waals surface area contributed by atoms with Crippen LogP contribution in [0.15, 0.2) is 0 Å². The molecular weight excluding hydrogens is 336 g/mol. The van der Waals surface area contributed by atoms with E-state index in [0.717, 1.165) is 36.9 Å². The second-order valence-electron chi connectivity index (χ2n) is 11.4. The van der Waals surface area contributed by atoms with Crippen LogP contribution in [0.1, 0.15) is 78.6 Å². The van der Waals surface area contributed by atoms with Crippen LogP contribution in [0.4, 0.5) is 0 Å². The van der Waals surface area contributed by atoms with E-state index in [1.165, 1.54) is 57.8 Å². The minimum atomic E-state index is -0.337. The van der Waals surface area contributed by atoms with Gasteiger partial charge in [0.25, 0.3) is 0 Å². The third-order valence-corrected chi connectivity index (χ3v) is 10.5. The van der Waals surface area contributed by atoms with Crippen molar-refractivity contribution in [3.63, 3.8) is 0 Å². The summed E-state index contributed by atoms with van der Waals surface area (Å²) in [5.74, 6) is 4.33. The van der Waals surface area contributed by atoms with Crippen molar-refractivity contribution in [3.8, 4) is 0 Å². The summed E-state index contributed by atoms with van der Waals surface area (Å²) in [5, 5.41) is 9.69. The zero-order valence-electron chi connectivity index (χ0n) is 17.7. The van der Waals surface area contributed by atoms with Crippen molar-refractivity contribution in [1.29, 1.82) is 0 Å². The molecule has 1 heterocycles. The minimum Gasteiger partial charge on any atom is -0.396 e. The van der Waals surface area contributed by atoms with Crippen LogP contribution >= 0.6 is 0 Å². The second-order valence-corrected chi connectivity index (χ2v) is 11.4. The van der Waals surface area contributed by atoms with Crippen LogP contribution in [0, 0.1) is 46.3 Å². The van der Waals surface area contributed by atoms with Crippen molar-refractivity contribution in [2.75, 3.05) is 19.8 Å². The Morgan fingerprint density at radius 1 is 0.815 bits per heavy atom. The van der Waals surface area contributed by atoms with Crippen molar-refractivity contribution in [2.45, 2.75) is 84.3 Å². The fourth-order valence-electron chi connectivity index (χ4n) is 9.11. The lowest BCUT2D eigenvalue weighted by atomic mass is 9.44. The van der Waals surface area contributed by atoms with Gasteiger partial charge in [-0.3, -0.25) is 0 Å². The molecular formula is C24H40O3. The fourth-order valence-corrected chi connectivity index (χ4v) is 9.11. The van der Waals surface area contributed by atoms with Gasteiger partial charge in [-0.2, -0.15) is 0 Å². The minimum absolute atomic E-state index is 0.337. The number of ether oxygens (including phenoxy) is 2. The topological polar surface area (TPSA) is 38.7 Å². The van der Waals surface area contributed by atoms with Gasteiger partial charge in [-0.15, -0.1) is 0 Å². The van der Waals surface area contributed by atoms with Crippen molar-refractivity contribution in [3.05, 3.63) is 0 Å². The Balaban J connectivity index is 1.39.